The lowest BCUT2D eigenvalue weighted by atomic mass is 9.84. The third kappa shape index (κ3) is 3.29. The summed E-state index contributed by atoms with van der Waals surface area (Å²) < 4.78 is 0. The quantitative estimate of drug-likeness (QED) is 0.770. The van der Waals surface area contributed by atoms with Gasteiger partial charge in [0.25, 0.3) is 0 Å². The van der Waals surface area contributed by atoms with Gasteiger partial charge in [-0.3, -0.25) is 9.69 Å². The highest BCUT2D eigenvalue weighted by atomic mass is 16.1. The second-order valence-electron chi connectivity index (χ2n) is 6.38. The van der Waals surface area contributed by atoms with Crippen molar-refractivity contribution in [1.29, 1.82) is 0 Å². The minimum atomic E-state index is 0.285. The number of carbonyl (C=O) groups is 1. The molecule has 1 saturated carbocycles. The second kappa shape index (κ2) is 6.53. The van der Waals surface area contributed by atoms with Gasteiger partial charge in [0.1, 0.15) is 0 Å². The maximum absolute atomic E-state index is 12.4. The molecule has 0 radical (unpaired) electrons. The first-order chi connectivity index (χ1) is 9.83. The third-order valence-corrected chi connectivity index (χ3v) is 4.82. The van der Waals surface area contributed by atoms with Crippen LogP contribution in [0.25, 0.3) is 0 Å². The molecular weight excluding hydrogens is 246 g/mol. The van der Waals surface area contributed by atoms with Crippen LogP contribution in [0.4, 0.5) is 0 Å². The molecule has 0 N–H and O–H groups in total. The Morgan fingerprint density at radius 1 is 0.950 bits per heavy atom. The number of hydrogen-bond acceptors (Lipinski definition) is 2. The van der Waals surface area contributed by atoms with Crippen molar-refractivity contribution in [2.45, 2.75) is 51.5 Å². The van der Waals surface area contributed by atoms with Crippen LogP contribution in [-0.4, -0.2) is 23.8 Å². The van der Waals surface area contributed by atoms with Crippen LogP contribution < -0.4 is 0 Å². The molecular formula is C18H25NO. The fraction of sp³-hybridized carbons (Fsp3) is 0.611. The largest absolute Gasteiger partial charge is 0.299 e. The zero-order valence-corrected chi connectivity index (χ0v) is 12.3. The highest BCUT2D eigenvalue weighted by Gasteiger charge is 2.22. The molecule has 1 aliphatic carbocycles. The summed E-state index contributed by atoms with van der Waals surface area (Å²) in [7, 11) is 0. The maximum Gasteiger partial charge on any atom is 0.165 e. The van der Waals surface area contributed by atoms with Crippen LogP contribution in [0, 0.1) is 5.92 Å². The number of ketones is 1. The minimum absolute atomic E-state index is 0.285. The van der Waals surface area contributed by atoms with Gasteiger partial charge >= 0.3 is 0 Å². The van der Waals surface area contributed by atoms with Crippen LogP contribution in [0.15, 0.2) is 24.3 Å². The Kier molecular flexibility index (Phi) is 4.51. The predicted molar refractivity (Wildman–Crippen MR) is 81.9 cm³/mol. The van der Waals surface area contributed by atoms with Gasteiger partial charge in [0.15, 0.2) is 5.78 Å². The maximum atomic E-state index is 12.4. The Bertz CT molecular complexity index is 439. The number of carbonyl (C=O) groups excluding carboxylic acids is 1. The van der Waals surface area contributed by atoms with Gasteiger partial charge in [0, 0.05) is 18.0 Å². The van der Waals surface area contributed by atoms with Gasteiger partial charge < -0.3 is 0 Å². The van der Waals surface area contributed by atoms with Crippen molar-refractivity contribution in [2.24, 2.45) is 5.92 Å². The zero-order valence-electron chi connectivity index (χ0n) is 12.3. The fourth-order valence-corrected chi connectivity index (χ4v) is 3.57. The van der Waals surface area contributed by atoms with E-state index in [0.717, 1.165) is 24.9 Å². The van der Waals surface area contributed by atoms with Crippen LogP contribution >= 0.6 is 0 Å². The molecule has 1 saturated heterocycles. The number of Topliss-reactive ketones (excluding diaryl/α,β-unsaturated/α-hetero) is 1. The number of rotatable bonds is 4. The van der Waals surface area contributed by atoms with Crippen LogP contribution in [0.3, 0.4) is 0 Å². The van der Waals surface area contributed by atoms with E-state index in [2.05, 4.69) is 17.0 Å². The van der Waals surface area contributed by atoms with E-state index in [1.165, 1.54) is 50.8 Å². The number of benzene rings is 1. The van der Waals surface area contributed by atoms with Crippen molar-refractivity contribution in [1.82, 2.24) is 4.90 Å². The Hall–Kier alpha value is -1.15. The van der Waals surface area contributed by atoms with Crippen molar-refractivity contribution in [3.63, 3.8) is 0 Å². The SMILES string of the molecule is O=C(c1ccc(CN2CCCC2)cc1)C1CCCCC1. The molecule has 2 heteroatoms. The summed E-state index contributed by atoms with van der Waals surface area (Å²) in [5, 5.41) is 0. The summed E-state index contributed by atoms with van der Waals surface area (Å²) in [6, 6.07) is 8.38. The molecule has 0 bridgehead atoms. The topological polar surface area (TPSA) is 20.3 Å². The number of nitrogens with zero attached hydrogens (tertiary/aromatic N) is 1. The Morgan fingerprint density at radius 3 is 2.25 bits per heavy atom. The summed E-state index contributed by atoms with van der Waals surface area (Å²) in [6.07, 6.45) is 8.60. The van der Waals surface area contributed by atoms with E-state index in [4.69, 9.17) is 0 Å². The van der Waals surface area contributed by atoms with E-state index in [1.54, 1.807) is 0 Å². The molecule has 0 amide bonds. The molecule has 0 spiro atoms. The summed E-state index contributed by atoms with van der Waals surface area (Å²) in [5.74, 6) is 0.658. The molecule has 108 valence electrons. The van der Waals surface area contributed by atoms with Gasteiger partial charge in [0.05, 0.1) is 0 Å². The molecule has 0 aromatic heterocycles. The smallest absolute Gasteiger partial charge is 0.165 e. The molecule has 1 heterocycles. The van der Waals surface area contributed by atoms with E-state index in [0.29, 0.717) is 5.78 Å². The zero-order chi connectivity index (χ0) is 13.8. The second-order valence-corrected chi connectivity index (χ2v) is 6.38. The van der Waals surface area contributed by atoms with Crippen LogP contribution in [0.2, 0.25) is 0 Å². The van der Waals surface area contributed by atoms with E-state index < -0.39 is 0 Å². The fourth-order valence-electron chi connectivity index (χ4n) is 3.57. The van der Waals surface area contributed by atoms with Gasteiger partial charge in [-0.2, -0.15) is 0 Å². The molecule has 2 aliphatic rings. The summed E-state index contributed by atoms with van der Waals surface area (Å²) >= 11 is 0. The van der Waals surface area contributed by atoms with Crippen molar-refractivity contribution in [3.8, 4) is 0 Å². The van der Waals surface area contributed by atoms with Crippen molar-refractivity contribution < 1.29 is 4.79 Å². The Balaban J connectivity index is 1.61. The van der Waals surface area contributed by atoms with E-state index in [1.807, 2.05) is 12.1 Å². The van der Waals surface area contributed by atoms with E-state index in [9.17, 15) is 4.79 Å². The summed E-state index contributed by atoms with van der Waals surface area (Å²) in [6.45, 7) is 3.49. The Labute approximate surface area is 122 Å². The highest BCUT2D eigenvalue weighted by molar-refractivity contribution is 5.97. The number of hydrogen-bond donors (Lipinski definition) is 0. The normalized spacial score (nSPS) is 21.2. The molecule has 3 rings (SSSR count). The van der Waals surface area contributed by atoms with Gasteiger partial charge in [-0.25, -0.2) is 0 Å². The third-order valence-electron chi connectivity index (χ3n) is 4.82. The molecule has 2 fully saturated rings. The first kappa shape index (κ1) is 13.8. The Morgan fingerprint density at radius 2 is 1.60 bits per heavy atom. The molecule has 20 heavy (non-hydrogen) atoms. The molecule has 1 aromatic carbocycles. The standard InChI is InChI=1S/C18H25NO/c20-18(16-6-2-1-3-7-16)17-10-8-15(9-11-17)14-19-12-4-5-13-19/h8-11,16H,1-7,12-14H2. The van der Waals surface area contributed by atoms with Crippen molar-refractivity contribution in [3.05, 3.63) is 35.4 Å². The highest BCUT2D eigenvalue weighted by Crippen LogP contribution is 2.27. The van der Waals surface area contributed by atoms with Gasteiger partial charge in [-0.15, -0.1) is 0 Å². The van der Waals surface area contributed by atoms with E-state index in [-0.39, 0.29) is 5.92 Å². The molecule has 2 nitrogen and oxygen atoms in total. The first-order valence-corrected chi connectivity index (χ1v) is 8.18. The van der Waals surface area contributed by atoms with E-state index >= 15 is 0 Å². The lowest BCUT2D eigenvalue weighted by Gasteiger charge is -2.20. The first-order valence-electron chi connectivity index (χ1n) is 8.18. The lowest BCUT2D eigenvalue weighted by Crippen LogP contribution is -2.19. The average molecular weight is 271 g/mol. The average Bonchev–Trinajstić information content (AvgIpc) is 3.01. The van der Waals surface area contributed by atoms with Crippen LogP contribution in [0.5, 0.6) is 0 Å². The van der Waals surface area contributed by atoms with Crippen LogP contribution in [-0.2, 0) is 6.54 Å². The summed E-state index contributed by atoms with van der Waals surface area (Å²) in [5.41, 5.74) is 2.26. The lowest BCUT2D eigenvalue weighted by molar-refractivity contribution is 0.0889. The van der Waals surface area contributed by atoms with Crippen molar-refractivity contribution >= 4 is 5.78 Å². The van der Waals surface area contributed by atoms with Crippen molar-refractivity contribution in [2.75, 3.05) is 13.1 Å². The molecule has 1 aliphatic heterocycles. The summed E-state index contributed by atoms with van der Waals surface area (Å²) in [4.78, 5) is 14.9. The van der Waals surface area contributed by atoms with Gasteiger partial charge in [0.2, 0.25) is 0 Å². The molecule has 0 unspecified atom stereocenters. The monoisotopic (exact) mass is 271 g/mol. The molecule has 1 aromatic rings. The minimum Gasteiger partial charge on any atom is -0.299 e. The molecule has 0 atom stereocenters. The van der Waals surface area contributed by atoms with Gasteiger partial charge in [-0.1, -0.05) is 43.5 Å². The van der Waals surface area contributed by atoms with Gasteiger partial charge in [-0.05, 0) is 44.3 Å². The predicted octanol–water partition coefficient (Wildman–Crippen LogP) is 4.05. The van der Waals surface area contributed by atoms with Crippen LogP contribution in [0.1, 0.15) is 60.9 Å². The number of likely N-dealkylation sites (tertiary alicyclic amines) is 1.